The summed E-state index contributed by atoms with van der Waals surface area (Å²) in [6.07, 6.45) is 0.926. The highest BCUT2D eigenvalue weighted by Crippen LogP contribution is 2.35. The van der Waals surface area contributed by atoms with E-state index in [0.29, 0.717) is 0 Å². The van der Waals surface area contributed by atoms with Crippen LogP contribution in [-0.2, 0) is 17.7 Å². The molecule has 136 valence electrons. The van der Waals surface area contributed by atoms with Gasteiger partial charge in [0.1, 0.15) is 16.9 Å². The summed E-state index contributed by atoms with van der Waals surface area (Å²) in [5, 5.41) is 10.7. The van der Waals surface area contributed by atoms with Crippen molar-refractivity contribution in [2.45, 2.75) is 18.0 Å². The Hall–Kier alpha value is -1.33. The van der Waals surface area contributed by atoms with Gasteiger partial charge in [-0.05, 0) is 33.1 Å². The molecule has 0 N–H and O–H groups in total. The van der Waals surface area contributed by atoms with Crippen molar-refractivity contribution >= 4 is 17.6 Å². The van der Waals surface area contributed by atoms with Crippen molar-refractivity contribution in [1.82, 2.24) is 14.8 Å². The number of rotatable bonds is 5. The topological polar surface area (TPSA) is 55.6 Å². The number of pyridine rings is 1. The summed E-state index contributed by atoms with van der Waals surface area (Å²) < 4.78 is 5.51. The molecule has 0 aromatic carbocycles. The van der Waals surface area contributed by atoms with Crippen LogP contribution in [0.3, 0.4) is 0 Å². The van der Waals surface area contributed by atoms with Gasteiger partial charge in [0.25, 0.3) is 0 Å². The normalized spacial score (nSPS) is 18.3. The number of anilines is 1. The number of likely N-dealkylation sites (N-methyl/N-ethyl adjacent to an activating group) is 1. The molecule has 1 saturated heterocycles. The maximum Gasteiger partial charge on any atom is 0.134 e. The lowest BCUT2D eigenvalue weighted by Crippen LogP contribution is -2.39. The van der Waals surface area contributed by atoms with Gasteiger partial charge in [-0.1, -0.05) is 0 Å². The summed E-state index contributed by atoms with van der Waals surface area (Å²) in [4.78, 5) is 11.8. The molecule has 25 heavy (non-hydrogen) atoms. The average Bonchev–Trinajstić information content (AvgIpc) is 2.61. The summed E-state index contributed by atoms with van der Waals surface area (Å²) in [6, 6.07) is 2.45. The van der Waals surface area contributed by atoms with Gasteiger partial charge in [0.15, 0.2) is 0 Å². The number of aromatic nitrogens is 1. The summed E-state index contributed by atoms with van der Waals surface area (Å²) in [6.45, 7) is 6.07. The average molecular weight is 362 g/mol. The number of hydrogen-bond donors (Lipinski definition) is 0. The first-order chi connectivity index (χ1) is 12.1. The lowest BCUT2D eigenvalue weighted by Gasteiger charge is -2.34. The molecule has 2 aliphatic heterocycles. The van der Waals surface area contributed by atoms with Crippen molar-refractivity contribution in [2.75, 3.05) is 71.2 Å². The second kappa shape index (κ2) is 8.37. The van der Waals surface area contributed by atoms with Crippen LogP contribution in [0.15, 0.2) is 5.03 Å². The van der Waals surface area contributed by atoms with Gasteiger partial charge in [0.2, 0.25) is 0 Å². The fraction of sp³-hybridized carbons (Fsp3) is 0.667. The molecule has 7 heteroatoms. The molecule has 0 amide bonds. The molecular formula is C18H27N5OS. The minimum Gasteiger partial charge on any atom is -0.378 e. The van der Waals surface area contributed by atoms with E-state index in [1.807, 2.05) is 0 Å². The van der Waals surface area contributed by atoms with Gasteiger partial charge in [-0.3, -0.25) is 0 Å². The monoisotopic (exact) mass is 361 g/mol. The molecule has 2 aliphatic rings. The summed E-state index contributed by atoms with van der Waals surface area (Å²) in [7, 11) is 6.28. The molecule has 1 fully saturated rings. The van der Waals surface area contributed by atoms with Gasteiger partial charge >= 0.3 is 0 Å². The number of hydrogen-bond acceptors (Lipinski definition) is 7. The van der Waals surface area contributed by atoms with Gasteiger partial charge in [0.05, 0.1) is 18.8 Å². The third kappa shape index (κ3) is 4.26. The third-order valence-electron chi connectivity index (χ3n) is 4.73. The van der Waals surface area contributed by atoms with Gasteiger partial charge in [0, 0.05) is 44.0 Å². The van der Waals surface area contributed by atoms with Crippen LogP contribution in [0, 0.1) is 11.3 Å². The van der Waals surface area contributed by atoms with Gasteiger partial charge in [-0.25, -0.2) is 4.98 Å². The van der Waals surface area contributed by atoms with Crippen LogP contribution in [0.5, 0.6) is 0 Å². The number of thioether (sulfide) groups is 1. The fourth-order valence-corrected chi connectivity index (χ4v) is 4.42. The second-order valence-corrected chi connectivity index (χ2v) is 8.01. The predicted octanol–water partition coefficient (Wildman–Crippen LogP) is 1.43. The van der Waals surface area contributed by atoms with E-state index >= 15 is 0 Å². The molecule has 0 atom stereocenters. The highest BCUT2D eigenvalue weighted by Gasteiger charge is 2.27. The zero-order chi connectivity index (χ0) is 17.8. The Bertz CT molecular complexity index is 652. The minimum absolute atomic E-state index is 0.745. The van der Waals surface area contributed by atoms with E-state index in [2.05, 4.69) is 41.9 Å². The number of ether oxygens (including phenoxy) is 1. The molecule has 0 bridgehead atoms. The Morgan fingerprint density at radius 3 is 2.68 bits per heavy atom. The number of nitriles is 1. The molecule has 0 radical (unpaired) electrons. The first kappa shape index (κ1) is 18.5. The SMILES string of the molecule is CN(C)CCSc1nc(N2CCOCC2)c2c(c1C#N)CCN(C)C2. The van der Waals surface area contributed by atoms with Crippen molar-refractivity contribution in [3.8, 4) is 6.07 Å². The number of nitrogens with zero attached hydrogens (tertiary/aromatic N) is 5. The van der Waals surface area contributed by atoms with Gasteiger partial charge in [-0.15, -0.1) is 11.8 Å². The van der Waals surface area contributed by atoms with Crippen LogP contribution in [0.1, 0.15) is 16.7 Å². The third-order valence-corrected chi connectivity index (χ3v) is 5.68. The Balaban J connectivity index is 1.98. The molecule has 0 saturated carbocycles. The maximum absolute atomic E-state index is 9.79. The highest BCUT2D eigenvalue weighted by atomic mass is 32.2. The van der Waals surface area contributed by atoms with Crippen LogP contribution < -0.4 is 4.90 Å². The maximum atomic E-state index is 9.79. The first-order valence-corrected chi connectivity index (χ1v) is 9.83. The Labute approximate surface area is 154 Å². The molecule has 1 aromatic heterocycles. The largest absolute Gasteiger partial charge is 0.378 e. The van der Waals surface area contributed by atoms with Gasteiger partial charge < -0.3 is 19.4 Å². The predicted molar refractivity (Wildman–Crippen MR) is 101 cm³/mol. The first-order valence-electron chi connectivity index (χ1n) is 8.84. The van der Waals surface area contributed by atoms with E-state index in [1.165, 1.54) is 11.1 Å². The lowest BCUT2D eigenvalue weighted by atomic mass is 9.96. The van der Waals surface area contributed by atoms with E-state index in [0.717, 1.165) is 74.5 Å². The van der Waals surface area contributed by atoms with Crippen LogP contribution >= 0.6 is 11.8 Å². The van der Waals surface area contributed by atoms with E-state index in [1.54, 1.807) is 11.8 Å². The van der Waals surface area contributed by atoms with Crippen molar-refractivity contribution < 1.29 is 4.74 Å². The van der Waals surface area contributed by atoms with Crippen LogP contribution in [0.2, 0.25) is 0 Å². The summed E-state index contributed by atoms with van der Waals surface area (Å²) >= 11 is 1.70. The zero-order valence-corrected chi connectivity index (χ0v) is 16.2. The van der Waals surface area contributed by atoms with Crippen LogP contribution in [0.25, 0.3) is 0 Å². The molecular weight excluding hydrogens is 334 g/mol. The molecule has 0 unspecified atom stereocenters. The number of fused-ring (bicyclic) bond motifs is 1. The quantitative estimate of drug-likeness (QED) is 0.736. The molecule has 0 aliphatic carbocycles. The van der Waals surface area contributed by atoms with Crippen LogP contribution in [-0.4, -0.2) is 81.1 Å². The van der Waals surface area contributed by atoms with E-state index in [9.17, 15) is 5.26 Å². The minimum atomic E-state index is 0.745. The highest BCUT2D eigenvalue weighted by molar-refractivity contribution is 7.99. The standard InChI is InChI=1S/C18H27N5OS/c1-21(2)8-11-25-18-15(12-19)14-4-5-22(3)13-16(14)17(20-18)23-6-9-24-10-7-23/h4-11,13H2,1-3H3. The van der Waals surface area contributed by atoms with Gasteiger partial charge in [-0.2, -0.15) is 5.26 Å². The Morgan fingerprint density at radius 1 is 1.24 bits per heavy atom. The molecule has 3 rings (SSSR count). The smallest absolute Gasteiger partial charge is 0.134 e. The zero-order valence-electron chi connectivity index (χ0n) is 15.4. The van der Waals surface area contributed by atoms with Crippen molar-refractivity contribution in [2.24, 2.45) is 0 Å². The Morgan fingerprint density at radius 2 is 2.00 bits per heavy atom. The summed E-state index contributed by atoms with van der Waals surface area (Å²) in [5.41, 5.74) is 3.25. The van der Waals surface area contributed by atoms with Crippen molar-refractivity contribution in [3.63, 3.8) is 0 Å². The van der Waals surface area contributed by atoms with E-state index < -0.39 is 0 Å². The van der Waals surface area contributed by atoms with Crippen molar-refractivity contribution in [3.05, 3.63) is 16.7 Å². The lowest BCUT2D eigenvalue weighted by molar-refractivity contribution is 0.122. The molecule has 3 heterocycles. The van der Waals surface area contributed by atoms with Crippen LogP contribution in [0.4, 0.5) is 5.82 Å². The molecule has 1 aromatic rings. The fourth-order valence-electron chi connectivity index (χ4n) is 3.31. The molecule has 0 spiro atoms. The summed E-state index contributed by atoms with van der Waals surface area (Å²) in [5.74, 6) is 2.01. The van der Waals surface area contributed by atoms with Crippen molar-refractivity contribution in [1.29, 1.82) is 5.26 Å². The van der Waals surface area contributed by atoms with E-state index in [4.69, 9.17) is 9.72 Å². The number of morpholine rings is 1. The molecule has 6 nitrogen and oxygen atoms in total. The van der Waals surface area contributed by atoms with E-state index in [-0.39, 0.29) is 0 Å². The Kier molecular flexibility index (Phi) is 6.18. The second-order valence-electron chi connectivity index (χ2n) is 6.92.